The topological polar surface area (TPSA) is 43.1 Å². The van der Waals surface area contributed by atoms with E-state index in [-0.39, 0.29) is 11.7 Å². The average molecular weight is 231 g/mol. The Morgan fingerprint density at radius 3 is 2.47 bits per heavy atom. The summed E-state index contributed by atoms with van der Waals surface area (Å²) in [6.45, 7) is 4.23. The van der Waals surface area contributed by atoms with Crippen LogP contribution in [0.5, 0.6) is 0 Å². The molecular formula is C15H21NO. The smallest absolute Gasteiger partial charge is 0.166 e. The molecule has 92 valence electrons. The molecule has 0 unspecified atom stereocenters. The lowest BCUT2D eigenvalue weighted by Crippen LogP contribution is -2.21. The van der Waals surface area contributed by atoms with Gasteiger partial charge in [-0.2, -0.15) is 0 Å². The molecule has 0 bridgehead atoms. The van der Waals surface area contributed by atoms with Crippen LogP contribution in [0.3, 0.4) is 0 Å². The summed E-state index contributed by atoms with van der Waals surface area (Å²) in [5.74, 6) is 1.28. The van der Waals surface area contributed by atoms with E-state index in [9.17, 15) is 4.79 Å². The molecule has 1 saturated carbocycles. The molecule has 1 fully saturated rings. The number of benzene rings is 1. The maximum absolute atomic E-state index is 12.3. The predicted octanol–water partition coefficient (Wildman–Crippen LogP) is 3.59. The lowest BCUT2D eigenvalue weighted by molar-refractivity contribution is 0.0876. The molecule has 1 aliphatic carbocycles. The summed E-state index contributed by atoms with van der Waals surface area (Å²) in [5, 5.41) is 0. The molecule has 0 aromatic heterocycles. The number of nitrogen functional groups attached to an aromatic ring is 1. The van der Waals surface area contributed by atoms with Crippen molar-refractivity contribution in [2.24, 2.45) is 11.8 Å². The molecule has 2 heteroatoms. The quantitative estimate of drug-likeness (QED) is 0.624. The van der Waals surface area contributed by atoms with Gasteiger partial charge in [0.25, 0.3) is 0 Å². The molecule has 2 N–H and O–H groups in total. The first-order valence-corrected chi connectivity index (χ1v) is 6.48. The molecule has 1 aromatic carbocycles. The van der Waals surface area contributed by atoms with Crippen LogP contribution in [0.2, 0.25) is 0 Å². The number of hydrogen-bond acceptors (Lipinski definition) is 2. The van der Waals surface area contributed by atoms with E-state index in [0.29, 0.717) is 0 Å². The van der Waals surface area contributed by atoms with Gasteiger partial charge < -0.3 is 5.73 Å². The van der Waals surface area contributed by atoms with Gasteiger partial charge in [-0.25, -0.2) is 0 Å². The van der Waals surface area contributed by atoms with Gasteiger partial charge in [0.05, 0.1) is 0 Å². The van der Waals surface area contributed by atoms with Crippen molar-refractivity contribution in [3.63, 3.8) is 0 Å². The highest BCUT2D eigenvalue weighted by atomic mass is 16.1. The number of ketones is 1. The summed E-state index contributed by atoms with van der Waals surface area (Å²) in [6.07, 6.45) is 4.43. The minimum Gasteiger partial charge on any atom is -0.398 e. The largest absolute Gasteiger partial charge is 0.398 e. The van der Waals surface area contributed by atoms with Crippen LogP contribution in [-0.2, 0) is 0 Å². The van der Waals surface area contributed by atoms with Crippen molar-refractivity contribution in [2.75, 3.05) is 5.73 Å². The SMILES string of the molecule is Cc1ccc(C(=O)C2CCC(C)CC2)cc1N. The number of aryl methyl sites for hydroxylation is 1. The molecule has 0 atom stereocenters. The fourth-order valence-corrected chi connectivity index (χ4v) is 2.55. The summed E-state index contributed by atoms with van der Waals surface area (Å²) in [7, 11) is 0. The van der Waals surface area contributed by atoms with Crippen LogP contribution in [0.25, 0.3) is 0 Å². The van der Waals surface area contributed by atoms with E-state index < -0.39 is 0 Å². The van der Waals surface area contributed by atoms with E-state index in [1.807, 2.05) is 25.1 Å². The molecule has 0 spiro atoms. The fraction of sp³-hybridized carbons (Fsp3) is 0.533. The molecule has 0 aliphatic heterocycles. The van der Waals surface area contributed by atoms with Crippen molar-refractivity contribution in [2.45, 2.75) is 39.5 Å². The van der Waals surface area contributed by atoms with Crippen molar-refractivity contribution >= 4 is 11.5 Å². The van der Waals surface area contributed by atoms with Crippen LogP contribution in [0.1, 0.15) is 48.5 Å². The van der Waals surface area contributed by atoms with Gasteiger partial charge in [0.1, 0.15) is 0 Å². The Balaban J connectivity index is 2.11. The highest BCUT2D eigenvalue weighted by molar-refractivity contribution is 5.98. The van der Waals surface area contributed by atoms with E-state index >= 15 is 0 Å². The third-order valence-electron chi connectivity index (χ3n) is 3.95. The third kappa shape index (κ3) is 2.68. The molecule has 0 heterocycles. The first-order chi connectivity index (χ1) is 8.08. The van der Waals surface area contributed by atoms with Crippen LogP contribution in [0, 0.1) is 18.8 Å². The molecule has 2 nitrogen and oxygen atoms in total. The van der Waals surface area contributed by atoms with E-state index in [2.05, 4.69) is 6.92 Å². The van der Waals surface area contributed by atoms with E-state index in [4.69, 9.17) is 5.73 Å². The second-order valence-corrected chi connectivity index (χ2v) is 5.39. The molecule has 0 radical (unpaired) electrons. The first kappa shape index (κ1) is 12.2. The van der Waals surface area contributed by atoms with Gasteiger partial charge in [0.2, 0.25) is 0 Å². The number of Topliss-reactive ketones (excluding diaryl/α,β-unsaturated/α-hetero) is 1. The van der Waals surface area contributed by atoms with Crippen molar-refractivity contribution in [3.8, 4) is 0 Å². The second kappa shape index (κ2) is 4.91. The standard InChI is InChI=1S/C15H21NO/c1-10-3-6-12(7-4-10)15(17)13-8-5-11(2)14(16)9-13/h5,8-10,12H,3-4,6-7,16H2,1-2H3. The maximum atomic E-state index is 12.3. The van der Waals surface area contributed by atoms with Gasteiger partial charge in [0.15, 0.2) is 5.78 Å². The average Bonchev–Trinajstić information content (AvgIpc) is 2.33. The number of hydrogen-bond donors (Lipinski definition) is 1. The molecular weight excluding hydrogens is 210 g/mol. The van der Waals surface area contributed by atoms with Gasteiger partial charge in [-0.05, 0) is 37.3 Å². The summed E-state index contributed by atoms with van der Waals surface area (Å²) in [6, 6.07) is 5.68. The molecule has 0 saturated heterocycles. The number of carbonyl (C=O) groups excluding carboxylic acids is 1. The van der Waals surface area contributed by atoms with Crippen molar-refractivity contribution < 1.29 is 4.79 Å². The Kier molecular flexibility index (Phi) is 3.51. The monoisotopic (exact) mass is 231 g/mol. The zero-order valence-corrected chi connectivity index (χ0v) is 10.7. The minimum absolute atomic E-state index is 0.216. The van der Waals surface area contributed by atoms with Crippen molar-refractivity contribution in [3.05, 3.63) is 29.3 Å². The molecule has 1 aromatic rings. The molecule has 17 heavy (non-hydrogen) atoms. The van der Waals surface area contributed by atoms with Crippen molar-refractivity contribution in [1.29, 1.82) is 0 Å². The van der Waals surface area contributed by atoms with Gasteiger partial charge in [-0.3, -0.25) is 4.79 Å². The van der Waals surface area contributed by atoms with Crippen molar-refractivity contribution in [1.82, 2.24) is 0 Å². The Morgan fingerprint density at radius 1 is 1.24 bits per heavy atom. The Hall–Kier alpha value is -1.31. The van der Waals surface area contributed by atoms with E-state index in [1.54, 1.807) is 0 Å². The maximum Gasteiger partial charge on any atom is 0.166 e. The van der Waals surface area contributed by atoms with Gasteiger partial charge in [-0.15, -0.1) is 0 Å². The summed E-state index contributed by atoms with van der Waals surface area (Å²) < 4.78 is 0. The number of anilines is 1. The lowest BCUT2D eigenvalue weighted by Gasteiger charge is -2.25. The lowest BCUT2D eigenvalue weighted by atomic mass is 9.79. The van der Waals surface area contributed by atoms with Gasteiger partial charge in [-0.1, -0.05) is 31.9 Å². The van der Waals surface area contributed by atoms with Crippen LogP contribution >= 0.6 is 0 Å². The van der Waals surface area contributed by atoms with Gasteiger partial charge >= 0.3 is 0 Å². The molecule has 2 rings (SSSR count). The number of rotatable bonds is 2. The Bertz CT molecular complexity index is 417. The third-order valence-corrected chi connectivity index (χ3v) is 3.95. The number of nitrogens with two attached hydrogens (primary N) is 1. The summed E-state index contributed by atoms with van der Waals surface area (Å²) >= 11 is 0. The predicted molar refractivity (Wildman–Crippen MR) is 71.0 cm³/mol. The number of carbonyl (C=O) groups is 1. The second-order valence-electron chi connectivity index (χ2n) is 5.39. The van der Waals surface area contributed by atoms with E-state index in [1.165, 1.54) is 12.8 Å². The zero-order chi connectivity index (χ0) is 12.4. The van der Waals surface area contributed by atoms with Crippen LogP contribution < -0.4 is 5.73 Å². The summed E-state index contributed by atoms with van der Waals surface area (Å²) in [5.41, 5.74) is 8.41. The van der Waals surface area contributed by atoms with Gasteiger partial charge in [0, 0.05) is 17.2 Å². The highest BCUT2D eigenvalue weighted by Crippen LogP contribution is 2.31. The zero-order valence-electron chi connectivity index (χ0n) is 10.7. The van der Waals surface area contributed by atoms with Crippen LogP contribution in [-0.4, -0.2) is 5.78 Å². The van der Waals surface area contributed by atoms with E-state index in [0.717, 1.165) is 35.6 Å². The Morgan fingerprint density at radius 2 is 1.88 bits per heavy atom. The normalized spacial score (nSPS) is 24.6. The van der Waals surface area contributed by atoms with Crippen LogP contribution in [0.15, 0.2) is 18.2 Å². The first-order valence-electron chi connectivity index (χ1n) is 6.48. The highest BCUT2D eigenvalue weighted by Gasteiger charge is 2.25. The Labute approximate surface area is 103 Å². The van der Waals surface area contributed by atoms with Crippen LogP contribution in [0.4, 0.5) is 5.69 Å². The summed E-state index contributed by atoms with van der Waals surface area (Å²) in [4.78, 5) is 12.3. The molecule has 1 aliphatic rings. The molecule has 0 amide bonds. The fourth-order valence-electron chi connectivity index (χ4n) is 2.55. The minimum atomic E-state index is 0.216.